The lowest BCUT2D eigenvalue weighted by atomic mass is 9.97. The Morgan fingerprint density at radius 1 is 1.14 bits per heavy atom. The number of piperidine rings is 1. The van der Waals surface area contributed by atoms with Crippen molar-refractivity contribution < 1.29 is 19.4 Å². The van der Waals surface area contributed by atoms with E-state index in [1.807, 2.05) is 23.1 Å². The Kier molecular flexibility index (Phi) is 5.25. The van der Waals surface area contributed by atoms with E-state index in [2.05, 4.69) is 6.07 Å². The van der Waals surface area contributed by atoms with Crippen LogP contribution < -0.4 is 4.74 Å². The number of thiazole rings is 1. The lowest BCUT2D eigenvalue weighted by Gasteiger charge is -2.31. The normalized spacial score (nSPS) is 14.9. The third-order valence-electron chi connectivity index (χ3n) is 4.89. The van der Waals surface area contributed by atoms with Crippen molar-refractivity contribution in [2.45, 2.75) is 18.8 Å². The maximum atomic E-state index is 12.8. The summed E-state index contributed by atoms with van der Waals surface area (Å²) in [4.78, 5) is 30.1. The third kappa shape index (κ3) is 3.99. The molecule has 2 heterocycles. The predicted octanol–water partition coefficient (Wildman–Crippen LogP) is 3.78. The minimum Gasteiger partial charge on any atom is -0.482 e. The monoisotopic (exact) mass is 396 g/mol. The number of hydrogen-bond acceptors (Lipinski definition) is 5. The average molecular weight is 396 g/mol. The first-order chi connectivity index (χ1) is 13.6. The number of benzene rings is 2. The van der Waals surface area contributed by atoms with E-state index in [4.69, 9.17) is 14.8 Å². The van der Waals surface area contributed by atoms with E-state index in [0.717, 1.165) is 23.4 Å². The molecule has 0 aliphatic carbocycles. The van der Waals surface area contributed by atoms with Gasteiger partial charge >= 0.3 is 5.97 Å². The molecule has 1 aromatic heterocycles. The van der Waals surface area contributed by atoms with Gasteiger partial charge in [0.25, 0.3) is 5.91 Å². The van der Waals surface area contributed by atoms with Gasteiger partial charge in [-0.05, 0) is 43.2 Å². The Labute approximate surface area is 166 Å². The maximum absolute atomic E-state index is 12.8. The van der Waals surface area contributed by atoms with Crippen molar-refractivity contribution in [1.29, 1.82) is 0 Å². The van der Waals surface area contributed by atoms with Crippen molar-refractivity contribution in [3.8, 4) is 5.75 Å². The topological polar surface area (TPSA) is 79.7 Å². The summed E-state index contributed by atoms with van der Waals surface area (Å²) < 4.78 is 6.38. The number of fused-ring (bicyclic) bond motifs is 1. The number of ether oxygens (including phenoxy) is 1. The van der Waals surface area contributed by atoms with E-state index in [-0.39, 0.29) is 5.91 Å². The van der Waals surface area contributed by atoms with Crippen molar-refractivity contribution >= 4 is 33.4 Å². The molecule has 7 heteroatoms. The number of aliphatic carboxylic acids is 1. The summed E-state index contributed by atoms with van der Waals surface area (Å²) >= 11 is 1.74. The SMILES string of the molecule is O=C(O)COc1cccc(C(=O)N2CCC(c3nc4ccccc4s3)CC2)c1. The molecule has 1 saturated heterocycles. The van der Waals surface area contributed by atoms with Gasteiger partial charge in [0, 0.05) is 24.6 Å². The van der Waals surface area contributed by atoms with Gasteiger partial charge in [-0.15, -0.1) is 11.3 Å². The molecule has 0 atom stereocenters. The Morgan fingerprint density at radius 3 is 2.68 bits per heavy atom. The number of carbonyl (C=O) groups excluding carboxylic acids is 1. The molecule has 4 rings (SSSR count). The third-order valence-corrected chi connectivity index (χ3v) is 6.08. The van der Waals surface area contributed by atoms with Crippen LogP contribution in [0.2, 0.25) is 0 Å². The van der Waals surface area contributed by atoms with Crippen molar-refractivity contribution in [2.75, 3.05) is 19.7 Å². The van der Waals surface area contributed by atoms with Crippen LogP contribution in [-0.4, -0.2) is 46.6 Å². The van der Waals surface area contributed by atoms with E-state index in [0.29, 0.717) is 30.3 Å². The summed E-state index contributed by atoms with van der Waals surface area (Å²) in [7, 11) is 0. The summed E-state index contributed by atoms with van der Waals surface area (Å²) in [5.41, 5.74) is 1.56. The van der Waals surface area contributed by atoms with Crippen LogP contribution in [0.5, 0.6) is 5.75 Å². The molecule has 0 unspecified atom stereocenters. The fourth-order valence-electron chi connectivity index (χ4n) is 3.44. The Hall–Kier alpha value is -2.93. The first kappa shape index (κ1) is 18.4. The van der Waals surface area contributed by atoms with Gasteiger partial charge in [-0.25, -0.2) is 9.78 Å². The highest BCUT2D eigenvalue weighted by Gasteiger charge is 2.26. The fourth-order valence-corrected chi connectivity index (χ4v) is 4.58. The molecular formula is C21H20N2O4S. The van der Waals surface area contributed by atoms with Crippen LogP contribution in [0.4, 0.5) is 0 Å². The highest BCUT2D eigenvalue weighted by Crippen LogP contribution is 2.34. The zero-order valence-corrected chi connectivity index (χ0v) is 16.0. The number of amides is 1. The number of rotatable bonds is 5. The molecule has 1 aliphatic heterocycles. The van der Waals surface area contributed by atoms with Gasteiger partial charge in [0.05, 0.1) is 15.2 Å². The average Bonchev–Trinajstić information content (AvgIpc) is 3.16. The summed E-state index contributed by atoms with van der Waals surface area (Å²) in [6, 6.07) is 14.8. The maximum Gasteiger partial charge on any atom is 0.341 e. The van der Waals surface area contributed by atoms with Gasteiger partial charge in [0.2, 0.25) is 0 Å². The van der Waals surface area contributed by atoms with E-state index < -0.39 is 12.6 Å². The second-order valence-corrected chi connectivity index (χ2v) is 7.86. The number of likely N-dealkylation sites (tertiary alicyclic amines) is 1. The molecule has 1 amide bonds. The van der Waals surface area contributed by atoms with Crippen molar-refractivity contribution in [1.82, 2.24) is 9.88 Å². The quantitative estimate of drug-likeness (QED) is 0.710. The van der Waals surface area contributed by atoms with Crippen LogP contribution in [0, 0.1) is 0 Å². The minimum atomic E-state index is -1.05. The Bertz CT molecular complexity index is 975. The first-order valence-electron chi connectivity index (χ1n) is 9.19. The molecule has 0 radical (unpaired) electrons. The van der Waals surface area contributed by atoms with Crippen LogP contribution in [0.15, 0.2) is 48.5 Å². The molecule has 28 heavy (non-hydrogen) atoms. The summed E-state index contributed by atoms with van der Waals surface area (Å²) in [5, 5.41) is 9.87. The van der Waals surface area contributed by atoms with E-state index in [1.165, 1.54) is 4.70 Å². The molecule has 0 bridgehead atoms. The summed E-state index contributed by atoms with van der Waals surface area (Å²) in [6.45, 7) is 0.935. The molecule has 1 aliphatic rings. The number of nitrogens with zero attached hydrogens (tertiary/aromatic N) is 2. The lowest BCUT2D eigenvalue weighted by Crippen LogP contribution is -2.37. The highest BCUT2D eigenvalue weighted by molar-refractivity contribution is 7.18. The van der Waals surface area contributed by atoms with Crippen LogP contribution in [-0.2, 0) is 4.79 Å². The molecular weight excluding hydrogens is 376 g/mol. The van der Waals surface area contributed by atoms with Crippen molar-refractivity contribution in [3.63, 3.8) is 0 Å². The van der Waals surface area contributed by atoms with E-state index in [1.54, 1.807) is 35.6 Å². The highest BCUT2D eigenvalue weighted by atomic mass is 32.1. The van der Waals surface area contributed by atoms with Crippen molar-refractivity contribution in [2.24, 2.45) is 0 Å². The first-order valence-corrected chi connectivity index (χ1v) is 10.0. The number of hydrogen-bond donors (Lipinski definition) is 1. The van der Waals surface area contributed by atoms with Gasteiger partial charge in [-0.2, -0.15) is 0 Å². The summed E-state index contributed by atoms with van der Waals surface area (Å²) in [5.74, 6) is -0.332. The Balaban J connectivity index is 1.40. The van der Waals surface area contributed by atoms with Crippen LogP contribution in [0.25, 0.3) is 10.2 Å². The second-order valence-electron chi connectivity index (χ2n) is 6.80. The number of aromatic nitrogens is 1. The molecule has 1 fully saturated rings. The number of para-hydroxylation sites is 1. The molecule has 144 valence electrons. The zero-order valence-electron chi connectivity index (χ0n) is 15.2. The van der Waals surface area contributed by atoms with Crippen LogP contribution in [0.3, 0.4) is 0 Å². The smallest absolute Gasteiger partial charge is 0.341 e. The predicted molar refractivity (Wildman–Crippen MR) is 107 cm³/mol. The van der Waals surface area contributed by atoms with Gasteiger partial charge in [-0.1, -0.05) is 18.2 Å². The zero-order chi connectivity index (χ0) is 19.5. The lowest BCUT2D eigenvalue weighted by molar-refractivity contribution is -0.139. The van der Waals surface area contributed by atoms with E-state index in [9.17, 15) is 9.59 Å². The van der Waals surface area contributed by atoms with Gasteiger partial charge in [0.1, 0.15) is 5.75 Å². The van der Waals surface area contributed by atoms with Gasteiger partial charge in [-0.3, -0.25) is 4.79 Å². The van der Waals surface area contributed by atoms with Gasteiger partial charge < -0.3 is 14.7 Å². The van der Waals surface area contributed by atoms with E-state index >= 15 is 0 Å². The van der Waals surface area contributed by atoms with Crippen LogP contribution in [0.1, 0.15) is 34.1 Å². The van der Waals surface area contributed by atoms with Crippen molar-refractivity contribution in [3.05, 3.63) is 59.1 Å². The van der Waals surface area contributed by atoms with Crippen LogP contribution >= 0.6 is 11.3 Å². The van der Waals surface area contributed by atoms with Gasteiger partial charge in [0.15, 0.2) is 6.61 Å². The largest absolute Gasteiger partial charge is 0.482 e. The standard InChI is InChI=1S/C21H20N2O4S/c24-19(25)13-27-16-5-3-4-15(12-16)21(26)23-10-8-14(9-11-23)20-22-17-6-1-2-7-18(17)28-20/h1-7,12,14H,8-11,13H2,(H,24,25). The number of carbonyl (C=O) groups is 2. The molecule has 0 saturated carbocycles. The molecule has 3 aromatic rings. The second kappa shape index (κ2) is 7.98. The molecule has 2 aromatic carbocycles. The number of carboxylic acids is 1. The molecule has 0 spiro atoms. The minimum absolute atomic E-state index is 0.0523. The molecule has 6 nitrogen and oxygen atoms in total. The Morgan fingerprint density at radius 2 is 1.93 bits per heavy atom. The molecule has 1 N–H and O–H groups in total. The number of carboxylic acid groups (broad SMARTS) is 1. The summed E-state index contributed by atoms with van der Waals surface area (Å²) in [6.07, 6.45) is 1.78. The fraction of sp³-hybridized carbons (Fsp3) is 0.286.